The number of halogens is 1. The fourth-order valence-corrected chi connectivity index (χ4v) is 4.49. The van der Waals surface area contributed by atoms with Gasteiger partial charge in [0.2, 0.25) is 5.91 Å². The number of nitrogens with one attached hydrogen (secondary N) is 1. The molecule has 4 rings (SSSR count). The number of aryl methyl sites for hydroxylation is 1. The number of hydrogen-bond acceptors (Lipinski definition) is 6. The Balaban J connectivity index is 1.45. The van der Waals surface area contributed by atoms with E-state index >= 15 is 0 Å². The van der Waals surface area contributed by atoms with E-state index in [2.05, 4.69) is 5.32 Å². The molecular weight excluding hydrogens is 426 g/mol. The Morgan fingerprint density at radius 2 is 2.03 bits per heavy atom. The van der Waals surface area contributed by atoms with Crippen LogP contribution in [-0.4, -0.2) is 17.1 Å². The highest BCUT2D eigenvalue weighted by atomic mass is 35.5. The summed E-state index contributed by atoms with van der Waals surface area (Å²) in [5, 5.41) is 3.41. The molecule has 1 aromatic heterocycles. The quantitative estimate of drug-likeness (QED) is 0.459. The van der Waals surface area contributed by atoms with Crippen molar-refractivity contribution in [2.24, 2.45) is 0 Å². The first-order valence-corrected chi connectivity index (χ1v) is 10.7. The summed E-state index contributed by atoms with van der Waals surface area (Å²) < 4.78 is 10.6. The summed E-state index contributed by atoms with van der Waals surface area (Å²) >= 11 is 7.25. The number of anilines is 1. The summed E-state index contributed by atoms with van der Waals surface area (Å²) in [6.45, 7) is 1.94. The summed E-state index contributed by atoms with van der Waals surface area (Å²) in [6, 6.07) is 12.1. The molecule has 0 saturated heterocycles. The lowest BCUT2D eigenvalue weighted by molar-refractivity contribution is -0.145. The van der Waals surface area contributed by atoms with E-state index in [1.165, 1.54) is 17.8 Å². The Labute approximate surface area is 181 Å². The number of carbonyl (C=O) groups excluding carboxylic acids is 2. The highest BCUT2D eigenvalue weighted by Gasteiger charge is 2.29. The molecule has 3 aromatic rings. The van der Waals surface area contributed by atoms with Gasteiger partial charge in [-0.15, -0.1) is 11.8 Å². The van der Waals surface area contributed by atoms with Crippen LogP contribution in [0, 0.1) is 0 Å². The standard InChI is InChI=1S/C22H18ClNO5S/c1-2-12-3-5-15-13(8-21(26)29-17(15)7-12)11-28-20(25)10-19-22(27)24-16-9-14(23)4-6-18(16)30-19/h3-9,19H,2,10-11H2,1H3,(H,24,27). The van der Waals surface area contributed by atoms with Crippen LogP contribution in [0.15, 0.2) is 56.6 Å². The van der Waals surface area contributed by atoms with Gasteiger partial charge in [0.15, 0.2) is 0 Å². The smallest absolute Gasteiger partial charge is 0.336 e. The van der Waals surface area contributed by atoms with E-state index in [4.69, 9.17) is 20.8 Å². The van der Waals surface area contributed by atoms with Gasteiger partial charge in [-0.2, -0.15) is 0 Å². The Bertz CT molecular complexity index is 1210. The number of carbonyl (C=O) groups is 2. The maximum absolute atomic E-state index is 12.4. The van der Waals surface area contributed by atoms with Gasteiger partial charge in [0.1, 0.15) is 12.2 Å². The minimum absolute atomic E-state index is 0.0718. The molecule has 0 radical (unpaired) electrons. The van der Waals surface area contributed by atoms with Gasteiger partial charge in [-0.1, -0.05) is 30.7 Å². The van der Waals surface area contributed by atoms with Crippen molar-refractivity contribution in [3.8, 4) is 0 Å². The second kappa shape index (κ2) is 8.53. The van der Waals surface area contributed by atoms with Gasteiger partial charge in [-0.05, 0) is 36.2 Å². The van der Waals surface area contributed by atoms with Crippen LogP contribution in [-0.2, 0) is 27.4 Å². The van der Waals surface area contributed by atoms with Crippen LogP contribution >= 0.6 is 23.4 Å². The zero-order valence-corrected chi connectivity index (χ0v) is 17.6. The predicted molar refractivity (Wildman–Crippen MR) is 116 cm³/mol. The first kappa shape index (κ1) is 20.5. The molecule has 2 heterocycles. The summed E-state index contributed by atoms with van der Waals surface area (Å²) in [5.74, 6) is -0.795. The molecule has 1 atom stereocenters. The molecule has 0 bridgehead atoms. The molecule has 154 valence electrons. The van der Waals surface area contributed by atoms with Crippen LogP contribution < -0.4 is 10.9 Å². The van der Waals surface area contributed by atoms with E-state index in [9.17, 15) is 14.4 Å². The van der Waals surface area contributed by atoms with Crippen LogP contribution in [0.3, 0.4) is 0 Å². The highest BCUT2D eigenvalue weighted by Crippen LogP contribution is 2.38. The summed E-state index contributed by atoms with van der Waals surface area (Å²) in [4.78, 5) is 37.4. The number of hydrogen-bond donors (Lipinski definition) is 1. The first-order valence-electron chi connectivity index (χ1n) is 9.41. The molecule has 30 heavy (non-hydrogen) atoms. The number of fused-ring (bicyclic) bond motifs is 2. The number of thioether (sulfide) groups is 1. The summed E-state index contributed by atoms with van der Waals surface area (Å²) in [5.41, 5.74) is 2.21. The van der Waals surface area contributed by atoms with Gasteiger partial charge >= 0.3 is 11.6 Å². The molecule has 6 nitrogen and oxygen atoms in total. The molecular formula is C22H18ClNO5S. The molecule has 0 aliphatic carbocycles. The van der Waals surface area contributed by atoms with Gasteiger partial charge < -0.3 is 14.5 Å². The third-order valence-corrected chi connectivity index (χ3v) is 6.32. The van der Waals surface area contributed by atoms with E-state index in [0.29, 0.717) is 21.9 Å². The molecule has 1 N–H and O–H groups in total. The minimum Gasteiger partial charge on any atom is -0.461 e. The van der Waals surface area contributed by atoms with Crippen molar-refractivity contribution in [3.05, 3.63) is 69.0 Å². The monoisotopic (exact) mass is 443 g/mol. The fourth-order valence-electron chi connectivity index (χ4n) is 3.24. The highest BCUT2D eigenvalue weighted by molar-refractivity contribution is 8.01. The number of rotatable bonds is 5. The molecule has 1 unspecified atom stereocenters. The van der Waals surface area contributed by atoms with E-state index in [-0.39, 0.29) is 18.9 Å². The molecule has 0 spiro atoms. The summed E-state index contributed by atoms with van der Waals surface area (Å²) in [7, 11) is 0. The maximum atomic E-state index is 12.4. The number of amides is 1. The van der Waals surface area contributed by atoms with Crippen molar-refractivity contribution in [1.29, 1.82) is 0 Å². The van der Waals surface area contributed by atoms with Gasteiger partial charge in [0, 0.05) is 26.9 Å². The second-order valence-corrected chi connectivity index (χ2v) is 8.56. The average Bonchev–Trinajstić information content (AvgIpc) is 2.72. The van der Waals surface area contributed by atoms with E-state index in [1.807, 2.05) is 25.1 Å². The largest absolute Gasteiger partial charge is 0.461 e. The Kier molecular flexibility index (Phi) is 5.83. The van der Waals surface area contributed by atoms with Crippen LogP contribution in [0.25, 0.3) is 11.0 Å². The van der Waals surface area contributed by atoms with Gasteiger partial charge in [0.05, 0.1) is 17.4 Å². The number of esters is 1. The zero-order valence-electron chi connectivity index (χ0n) is 16.1. The normalized spacial score (nSPS) is 15.5. The van der Waals surface area contributed by atoms with Crippen LogP contribution in [0.5, 0.6) is 0 Å². The molecule has 8 heteroatoms. The zero-order chi connectivity index (χ0) is 21.3. The summed E-state index contributed by atoms with van der Waals surface area (Å²) in [6.07, 6.45) is 0.729. The van der Waals surface area contributed by atoms with Crippen LogP contribution in [0.1, 0.15) is 24.5 Å². The SMILES string of the molecule is CCc1ccc2c(COC(=O)CC3Sc4ccc(Cl)cc4NC3=O)cc(=O)oc2c1. The molecule has 1 aliphatic heterocycles. The minimum atomic E-state index is -0.601. The van der Waals surface area contributed by atoms with Crippen molar-refractivity contribution in [2.75, 3.05) is 5.32 Å². The Morgan fingerprint density at radius 3 is 2.83 bits per heavy atom. The maximum Gasteiger partial charge on any atom is 0.336 e. The van der Waals surface area contributed by atoms with Crippen LogP contribution in [0.4, 0.5) is 5.69 Å². The van der Waals surface area contributed by atoms with E-state index in [0.717, 1.165) is 22.3 Å². The Morgan fingerprint density at radius 1 is 1.20 bits per heavy atom. The van der Waals surface area contributed by atoms with Crippen molar-refractivity contribution < 1.29 is 18.7 Å². The van der Waals surface area contributed by atoms with Crippen LogP contribution in [0.2, 0.25) is 5.02 Å². The first-order chi connectivity index (χ1) is 14.4. The van der Waals surface area contributed by atoms with Crippen molar-refractivity contribution in [2.45, 2.75) is 36.5 Å². The van der Waals surface area contributed by atoms with Crippen molar-refractivity contribution >= 4 is 51.9 Å². The molecule has 0 fully saturated rings. The lowest BCUT2D eigenvalue weighted by atomic mass is 10.1. The van der Waals surface area contributed by atoms with Crippen molar-refractivity contribution in [3.63, 3.8) is 0 Å². The van der Waals surface area contributed by atoms with E-state index in [1.54, 1.807) is 18.2 Å². The predicted octanol–water partition coefficient (Wildman–Crippen LogP) is 4.56. The van der Waals surface area contributed by atoms with E-state index < -0.39 is 16.8 Å². The van der Waals surface area contributed by atoms with Crippen molar-refractivity contribution in [1.82, 2.24) is 0 Å². The lowest BCUT2D eigenvalue weighted by Crippen LogP contribution is -2.31. The molecule has 1 aliphatic rings. The number of benzene rings is 2. The third kappa shape index (κ3) is 4.37. The second-order valence-electron chi connectivity index (χ2n) is 6.88. The lowest BCUT2D eigenvalue weighted by Gasteiger charge is -2.23. The topological polar surface area (TPSA) is 85.6 Å². The molecule has 0 saturated carbocycles. The third-order valence-electron chi connectivity index (χ3n) is 4.80. The molecule has 2 aromatic carbocycles. The Hall–Kier alpha value is -2.77. The van der Waals surface area contributed by atoms with Gasteiger partial charge in [-0.3, -0.25) is 9.59 Å². The number of ether oxygens (including phenoxy) is 1. The average molecular weight is 444 g/mol. The molecule has 1 amide bonds. The van der Waals surface area contributed by atoms with Gasteiger partial charge in [-0.25, -0.2) is 4.79 Å². The fraction of sp³-hybridized carbons (Fsp3) is 0.227. The van der Waals surface area contributed by atoms with Gasteiger partial charge in [0.25, 0.3) is 0 Å².